The van der Waals surface area contributed by atoms with Gasteiger partial charge in [0.2, 0.25) is 0 Å². The smallest absolute Gasteiger partial charge is 0.309 e. The fourth-order valence-corrected chi connectivity index (χ4v) is 3.55. The molecule has 0 saturated heterocycles. The van der Waals surface area contributed by atoms with Gasteiger partial charge in [0, 0.05) is 0 Å². The van der Waals surface area contributed by atoms with E-state index in [0.717, 1.165) is 27.8 Å². The number of rotatable bonds is 8. The number of hydrogen-bond donors (Lipinski definition) is 1. The molecule has 3 aromatic rings. The number of aryl methyl sites for hydroxylation is 2. The van der Waals surface area contributed by atoms with E-state index in [1.165, 1.54) is 0 Å². The quantitative estimate of drug-likeness (QED) is 0.384. The van der Waals surface area contributed by atoms with E-state index >= 15 is 0 Å². The summed E-state index contributed by atoms with van der Waals surface area (Å²) in [5.41, 5.74) is 4.94. The lowest BCUT2D eigenvalue weighted by Crippen LogP contribution is -2.27. The fraction of sp³-hybridized carbons (Fsp3) is 0.276. The summed E-state index contributed by atoms with van der Waals surface area (Å²) in [5, 5.41) is 9.56. The topological polar surface area (TPSA) is 37.3 Å². The van der Waals surface area contributed by atoms with Crippen molar-refractivity contribution in [1.82, 2.24) is 0 Å². The highest BCUT2D eigenvalue weighted by Crippen LogP contribution is 2.29. The van der Waals surface area contributed by atoms with Crippen molar-refractivity contribution in [3.8, 4) is 11.1 Å². The molecule has 0 aliphatic rings. The lowest BCUT2D eigenvalue weighted by atomic mass is 9.81. The van der Waals surface area contributed by atoms with Gasteiger partial charge < -0.3 is 5.11 Å². The van der Waals surface area contributed by atoms with Crippen molar-refractivity contribution in [2.45, 2.75) is 47.0 Å². The van der Waals surface area contributed by atoms with Crippen molar-refractivity contribution in [3.63, 3.8) is 0 Å². The monoisotopic (exact) mass is 417 g/mol. The Morgan fingerprint density at radius 3 is 2.45 bits per heavy atom. The van der Waals surface area contributed by atoms with Gasteiger partial charge in [0.25, 0.3) is 0 Å². The first-order valence-electron chi connectivity index (χ1n) is 13.1. The van der Waals surface area contributed by atoms with Gasteiger partial charge in [0.05, 0.1) is 12.3 Å². The minimum Gasteiger partial charge on any atom is -0.481 e. The third-order valence-corrected chi connectivity index (χ3v) is 6.19. The van der Waals surface area contributed by atoms with E-state index in [0.29, 0.717) is 24.8 Å². The highest BCUT2D eigenvalue weighted by atomic mass is 16.4. The zero-order valence-electron chi connectivity index (χ0n) is 23.6. The van der Waals surface area contributed by atoms with E-state index in [1.54, 1.807) is 13.0 Å². The van der Waals surface area contributed by atoms with Crippen LogP contribution in [-0.2, 0) is 11.2 Å². The van der Waals surface area contributed by atoms with Gasteiger partial charge in [0.15, 0.2) is 0 Å². The molecule has 160 valence electrons. The maximum Gasteiger partial charge on any atom is 0.309 e. The predicted octanol–water partition coefficient (Wildman–Crippen LogP) is 7.57. The second-order valence-corrected chi connectivity index (χ2v) is 8.26. The van der Waals surface area contributed by atoms with Crippen LogP contribution in [0.2, 0.25) is 0 Å². The predicted molar refractivity (Wildman–Crippen MR) is 131 cm³/mol. The Bertz CT molecular complexity index is 1320. The number of hydrogen-bond acceptors (Lipinski definition) is 1. The van der Waals surface area contributed by atoms with Crippen LogP contribution in [-0.4, -0.2) is 11.1 Å². The van der Waals surface area contributed by atoms with Crippen molar-refractivity contribution in [2.75, 3.05) is 0 Å². The standard InChI is InChI=1S/C29H32O2/c1-5-29(4,28(30)31)19-18-23-15-14-21(2)26(20-23)17-16-24-12-9-13-27(22(24)3)25-10-7-6-8-11-25/h6-17,20H,5,18-19H2,1-4H3,(H,30,31)/b17-16+/t29-/m1/s1/i6D,7D,8D,10D,11D. The molecule has 0 saturated carbocycles. The van der Waals surface area contributed by atoms with Crippen molar-refractivity contribution >= 4 is 18.1 Å². The maximum atomic E-state index is 11.6. The molecule has 0 amide bonds. The highest BCUT2D eigenvalue weighted by molar-refractivity contribution is 5.78. The number of carbonyl (C=O) groups is 1. The summed E-state index contributed by atoms with van der Waals surface area (Å²) in [5.74, 6) is -0.772. The Balaban J connectivity index is 1.96. The zero-order valence-corrected chi connectivity index (χ0v) is 18.6. The molecule has 3 rings (SSSR count). The summed E-state index contributed by atoms with van der Waals surface area (Å²) in [6.07, 6.45) is 5.77. The van der Waals surface area contributed by atoms with Crippen molar-refractivity contribution in [3.05, 3.63) is 94.4 Å². The number of benzene rings is 3. The van der Waals surface area contributed by atoms with Gasteiger partial charge >= 0.3 is 5.97 Å². The Morgan fingerprint density at radius 2 is 1.77 bits per heavy atom. The fourth-order valence-electron chi connectivity index (χ4n) is 3.55. The first-order valence-corrected chi connectivity index (χ1v) is 10.6. The molecule has 0 aliphatic carbocycles. The molecular formula is C29H32O2. The molecule has 0 radical (unpaired) electrons. The largest absolute Gasteiger partial charge is 0.481 e. The maximum absolute atomic E-state index is 11.6. The van der Waals surface area contributed by atoms with Crippen LogP contribution >= 0.6 is 0 Å². The summed E-state index contributed by atoms with van der Waals surface area (Å²) < 4.78 is 40.5. The molecule has 2 nitrogen and oxygen atoms in total. The van der Waals surface area contributed by atoms with Crippen LogP contribution in [0, 0.1) is 19.3 Å². The van der Waals surface area contributed by atoms with Crippen molar-refractivity contribution in [2.24, 2.45) is 5.41 Å². The first-order chi connectivity index (χ1) is 16.9. The van der Waals surface area contributed by atoms with Gasteiger partial charge in [-0.1, -0.05) is 85.7 Å². The van der Waals surface area contributed by atoms with Gasteiger partial charge in [-0.2, -0.15) is 0 Å². The summed E-state index contributed by atoms with van der Waals surface area (Å²) in [7, 11) is 0. The molecule has 0 fully saturated rings. The minimum absolute atomic E-state index is 0.198. The van der Waals surface area contributed by atoms with Crippen LogP contribution in [0.15, 0.2) is 66.6 Å². The number of carboxylic acids is 1. The van der Waals surface area contributed by atoms with E-state index in [2.05, 4.69) is 6.07 Å². The molecule has 0 aliphatic heterocycles. The molecule has 0 heterocycles. The molecule has 1 atom stereocenters. The molecule has 3 aromatic carbocycles. The Labute approximate surface area is 193 Å². The van der Waals surface area contributed by atoms with E-state index in [9.17, 15) is 9.90 Å². The van der Waals surface area contributed by atoms with Crippen LogP contribution < -0.4 is 0 Å². The average Bonchev–Trinajstić information content (AvgIpc) is 2.86. The molecule has 0 unspecified atom stereocenters. The molecular weight excluding hydrogens is 380 g/mol. The Morgan fingerprint density at radius 1 is 1.06 bits per heavy atom. The van der Waals surface area contributed by atoms with Gasteiger partial charge in [-0.15, -0.1) is 0 Å². The van der Waals surface area contributed by atoms with E-state index < -0.39 is 17.4 Å². The SMILES string of the molecule is [2H]c1c([2H])c([2H])c(-c2cccc(/C=C/c3cc(CC[C@@](C)(CC)C(=O)O)ccc3C)c2C)c([2H])c1[2H]. The third-order valence-electron chi connectivity index (χ3n) is 6.19. The summed E-state index contributed by atoms with van der Waals surface area (Å²) in [6, 6.07) is 10.2. The van der Waals surface area contributed by atoms with E-state index in [1.807, 2.05) is 57.2 Å². The lowest BCUT2D eigenvalue weighted by molar-refractivity contribution is -0.148. The summed E-state index contributed by atoms with van der Waals surface area (Å²) >= 11 is 0. The average molecular weight is 418 g/mol. The second kappa shape index (κ2) is 9.78. The lowest BCUT2D eigenvalue weighted by Gasteiger charge is -2.22. The molecule has 0 aromatic heterocycles. The van der Waals surface area contributed by atoms with Crippen LogP contribution in [0.25, 0.3) is 23.3 Å². The summed E-state index contributed by atoms with van der Waals surface area (Å²) in [6.45, 7) is 7.59. The Kier molecular flexibility index (Phi) is 5.22. The second-order valence-electron chi connectivity index (χ2n) is 8.26. The van der Waals surface area contributed by atoms with Crippen LogP contribution in [0.5, 0.6) is 0 Å². The highest BCUT2D eigenvalue weighted by Gasteiger charge is 2.30. The van der Waals surface area contributed by atoms with Crippen LogP contribution in [0.4, 0.5) is 0 Å². The normalized spacial score (nSPS) is 15.5. The molecule has 0 spiro atoms. The van der Waals surface area contributed by atoms with E-state index in [4.69, 9.17) is 6.85 Å². The van der Waals surface area contributed by atoms with Gasteiger partial charge in [-0.05, 0) is 79.0 Å². The summed E-state index contributed by atoms with van der Waals surface area (Å²) in [4.78, 5) is 11.6. The van der Waals surface area contributed by atoms with Gasteiger partial charge in [0.1, 0.15) is 0 Å². The number of aliphatic carboxylic acids is 1. The third kappa shape index (κ3) is 5.32. The van der Waals surface area contributed by atoms with Gasteiger partial charge in [-0.3, -0.25) is 4.79 Å². The number of carboxylic acid groups (broad SMARTS) is 1. The molecule has 0 bridgehead atoms. The van der Waals surface area contributed by atoms with Gasteiger partial charge in [-0.25, -0.2) is 0 Å². The van der Waals surface area contributed by atoms with Crippen LogP contribution in [0.3, 0.4) is 0 Å². The molecule has 1 N–H and O–H groups in total. The van der Waals surface area contributed by atoms with Crippen molar-refractivity contribution in [1.29, 1.82) is 0 Å². The van der Waals surface area contributed by atoms with Crippen molar-refractivity contribution < 1.29 is 16.8 Å². The Hall–Kier alpha value is -3.13. The molecule has 2 heteroatoms. The zero-order chi connectivity index (χ0) is 26.8. The van der Waals surface area contributed by atoms with Crippen LogP contribution in [0.1, 0.15) is 61.4 Å². The minimum atomic E-state index is -0.772. The van der Waals surface area contributed by atoms with E-state index in [-0.39, 0.29) is 29.7 Å². The molecule has 31 heavy (non-hydrogen) atoms. The first kappa shape index (κ1) is 16.5.